The van der Waals surface area contributed by atoms with E-state index in [1.807, 2.05) is 12.1 Å². The molecule has 2 aromatic carbocycles. The number of likely N-dealkylation sites (tertiary alicyclic amines) is 1. The third-order valence-corrected chi connectivity index (χ3v) is 6.38. The summed E-state index contributed by atoms with van der Waals surface area (Å²) in [6.07, 6.45) is 2.77. The van der Waals surface area contributed by atoms with E-state index in [0.717, 1.165) is 60.9 Å². The number of hydrazone groups is 1. The van der Waals surface area contributed by atoms with Gasteiger partial charge < -0.3 is 19.1 Å². The highest BCUT2D eigenvalue weighted by molar-refractivity contribution is 6.02. The van der Waals surface area contributed by atoms with Gasteiger partial charge in [-0.05, 0) is 31.3 Å². The maximum absolute atomic E-state index is 6.63. The van der Waals surface area contributed by atoms with Gasteiger partial charge in [-0.2, -0.15) is 5.10 Å². The standard InChI is InChI=1S/C22H23N3O3/c1-24-10-8-22(9-11-24)25-18(16-4-2-3-5-19(16)28-22)13-17(23-25)15-6-7-20-21(12-15)27-14-26-20/h2-7,12,18H,8-11,13-14H2,1H3. The van der Waals surface area contributed by atoms with Gasteiger partial charge in [0, 0.05) is 43.5 Å². The Labute approximate surface area is 164 Å². The lowest BCUT2D eigenvalue weighted by Crippen LogP contribution is -2.58. The Morgan fingerprint density at radius 1 is 1.00 bits per heavy atom. The molecule has 1 atom stereocenters. The molecule has 0 N–H and O–H groups in total. The van der Waals surface area contributed by atoms with Crippen LogP contribution in [0.2, 0.25) is 0 Å². The maximum Gasteiger partial charge on any atom is 0.231 e. The molecule has 0 saturated carbocycles. The second-order valence-corrected chi connectivity index (χ2v) is 8.07. The summed E-state index contributed by atoms with van der Waals surface area (Å²) in [7, 11) is 2.17. The highest BCUT2D eigenvalue weighted by atomic mass is 16.7. The maximum atomic E-state index is 6.63. The Bertz CT molecular complexity index is 965. The zero-order valence-corrected chi connectivity index (χ0v) is 15.9. The summed E-state index contributed by atoms with van der Waals surface area (Å²) >= 11 is 0. The van der Waals surface area contributed by atoms with Crippen LogP contribution in [0.15, 0.2) is 47.6 Å². The smallest absolute Gasteiger partial charge is 0.231 e. The SMILES string of the molecule is CN1CCC2(CC1)Oc1ccccc1C1CC(c3ccc4c(c3)OCO4)=NN12. The number of hydrogen-bond donors (Lipinski definition) is 0. The molecule has 1 saturated heterocycles. The number of benzene rings is 2. The summed E-state index contributed by atoms with van der Waals surface area (Å²) in [5, 5.41) is 7.37. The van der Waals surface area contributed by atoms with Gasteiger partial charge in [-0.15, -0.1) is 0 Å². The van der Waals surface area contributed by atoms with Gasteiger partial charge in [-0.3, -0.25) is 0 Å². The molecule has 1 fully saturated rings. The van der Waals surface area contributed by atoms with Crippen LogP contribution in [0.1, 0.15) is 36.4 Å². The first-order chi connectivity index (χ1) is 13.7. The Balaban J connectivity index is 1.42. The molecule has 6 nitrogen and oxygen atoms in total. The number of hydrogen-bond acceptors (Lipinski definition) is 6. The summed E-state index contributed by atoms with van der Waals surface area (Å²) in [5.74, 6) is 2.62. The van der Waals surface area contributed by atoms with Crippen molar-refractivity contribution < 1.29 is 14.2 Å². The molecule has 6 rings (SSSR count). The van der Waals surface area contributed by atoms with Crippen molar-refractivity contribution >= 4 is 5.71 Å². The first-order valence-corrected chi connectivity index (χ1v) is 9.95. The molecule has 2 aromatic rings. The lowest BCUT2D eigenvalue weighted by Gasteiger charge is -2.50. The number of fused-ring (bicyclic) bond motifs is 5. The van der Waals surface area contributed by atoms with Crippen molar-refractivity contribution in [1.82, 2.24) is 9.91 Å². The normalized spacial score (nSPS) is 24.5. The van der Waals surface area contributed by atoms with Crippen LogP contribution >= 0.6 is 0 Å². The highest BCUT2D eigenvalue weighted by Crippen LogP contribution is 2.50. The van der Waals surface area contributed by atoms with Gasteiger partial charge in [0.1, 0.15) is 5.75 Å². The Morgan fingerprint density at radius 3 is 2.71 bits per heavy atom. The molecule has 0 aromatic heterocycles. The Kier molecular flexibility index (Phi) is 3.41. The van der Waals surface area contributed by atoms with E-state index in [1.54, 1.807) is 0 Å². The van der Waals surface area contributed by atoms with Crippen molar-refractivity contribution in [1.29, 1.82) is 0 Å². The molecule has 0 aliphatic carbocycles. The van der Waals surface area contributed by atoms with Crippen LogP contribution in [0.5, 0.6) is 17.2 Å². The molecule has 1 spiro atoms. The van der Waals surface area contributed by atoms with E-state index in [1.165, 1.54) is 5.56 Å². The molecule has 4 heterocycles. The predicted molar refractivity (Wildman–Crippen MR) is 105 cm³/mol. The van der Waals surface area contributed by atoms with Crippen molar-refractivity contribution in [2.45, 2.75) is 31.0 Å². The summed E-state index contributed by atoms with van der Waals surface area (Å²) in [4.78, 5) is 2.36. The Morgan fingerprint density at radius 2 is 1.82 bits per heavy atom. The molecule has 0 amide bonds. The van der Waals surface area contributed by atoms with Crippen LogP contribution in [0.4, 0.5) is 0 Å². The van der Waals surface area contributed by atoms with Crippen molar-refractivity contribution in [3.8, 4) is 17.2 Å². The zero-order chi connectivity index (χ0) is 18.7. The second kappa shape index (κ2) is 5.88. The largest absolute Gasteiger partial charge is 0.466 e. The molecule has 144 valence electrons. The average Bonchev–Trinajstić information content (AvgIpc) is 3.37. The van der Waals surface area contributed by atoms with E-state index < -0.39 is 0 Å². The molecule has 0 bridgehead atoms. The summed E-state index contributed by atoms with van der Waals surface area (Å²) in [5.41, 5.74) is 3.05. The lowest BCUT2D eigenvalue weighted by atomic mass is 9.91. The molecule has 1 unspecified atom stereocenters. The molecule has 4 aliphatic heterocycles. The zero-order valence-electron chi connectivity index (χ0n) is 15.9. The minimum absolute atomic E-state index is 0.216. The van der Waals surface area contributed by atoms with Gasteiger partial charge in [0.15, 0.2) is 11.5 Å². The fraction of sp³-hybridized carbons (Fsp3) is 0.409. The van der Waals surface area contributed by atoms with Gasteiger partial charge in [0.05, 0.1) is 11.8 Å². The molecular formula is C22H23N3O3. The van der Waals surface area contributed by atoms with Gasteiger partial charge in [-0.1, -0.05) is 18.2 Å². The topological polar surface area (TPSA) is 46.5 Å². The van der Waals surface area contributed by atoms with Crippen molar-refractivity contribution in [3.05, 3.63) is 53.6 Å². The van der Waals surface area contributed by atoms with E-state index in [4.69, 9.17) is 19.3 Å². The van der Waals surface area contributed by atoms with E-state index in [-0.39, 0.29) is 18.6 Å². The number of para-hydroxylation sites is 1. The third-order valence-electron chi connectivity index (χ3n) is 6.38. The average molecular weight is 377 g/mol. The molecule has 0 radical (unpaired) electrons. The number of rotatable bonds is 1. The summed E-state index contributed by atoms with van der Waals surface area (Å²) in [6, 6.07) is 14.8. The van der Waals surface area contributed by atoms with E-state index in [0.29, 0.717) is 0 Å². The van der Waals surface area contributed by atoms with E-state index in [2.05, 4.69) is 47.3 Å². The van der Waals surface area contributed by atoms with E-state index >= 15 is 0 Å². The minimum Gasteiger partial charge on any atom is -0.466 e. The third kappa shape index (κ3) is 2.34. The van der Waals surface area contributed by atoms with Crippen molar-refractivity contribution in [3.63, 3.8) is 0 Å². The Hall–Kier alpha value is -2.73. The van der Waals surface area contributed by atoms with Gasteiger partial charge in [0.25, 0.3) is 0 Å². The fourth-order valence-electron chi connectivity index (χ4n) is 4.78. The van der Waals surface area contributed by atoms with E-state index in [9.17, 15) is 0 Å². The summed E-state index contributed by atoms with van der Waals surface area (Å²) in [6.45, 7) is 2.32. The number of nitrogens with zero attached hydrogens (tertiary/aromatic N) is 3. The molecule has 6 heteroatoms. The monoisotopic (exact) mass is 377 g/mol. The van der Waals surface area contributed by atoms with Crippen LogP contribution in [0.25, 0.3) is 0 Å². The molecule has 4 aliphatic rings. The summed E-state index contributed by atoms with van der Waals surface area (Å²) < 4.78 is 17.7. The van der Waals surface area contributed by atoms with Crippen LogP contribution in [0, 0.1) is 0 Å². The molecular weight excluding hydrogens is 354 g/mol. The van der Waals surface area contributed by atoms with Gasteiger partial charge in [-0.25, -0.2) is 5.01 Å². The first kappa shape index (κ1) is 16.2. The van der Waals surface area contributed by atoms with Crippen LogP contribution < -0.4 is 14.2 Å². The van der Waals surface area contributed by atoms with Crippen LogP contribution in [-0.2, 0) is 0 Å². The molecule has 28 heavy (non-hydrogen) atoms. The number of piperidine rings is 1. The highest BCUT2D eigenvalue weighted by Gasteiger charge is 2.51. The predicted octanol–water partition coefficient (Wildman–Crippen LogP) is 3.38. The van der Waals surface area contributed by atoms with Crippen LogP contribution in [0.3, 0.4) is 0 Å². The first-order valence-electron chi connectivity index (χ1n) is 9.95. The van der Waals surface area contributed by atoms with Gasteiger partial charge in [0.2, 0.25) is 12.5 Å². The second-order valence-electron chi connectivity index (χ2n) is 8.07. The van der Waals surface area contributed by atoms with Gasteiger partial charge >= 0.3 is 0 Å². The fourth-order valence-corrected chi connectivity index (χ4v) is 4.78. The van der Waals surface area contributed by atoms with Crippen molar-refractivity contribution in [2.75, 3.05) is 26.9 Å². The van der Waals surface area contributed by atoms with Crippen molar-refractivity contribution in [2.24, 2.45) is 5.10 Å². The number of ether oxygens (including phenoxy) is 3. The van der Waals surface area contributed by atoms with Crippen LogP contribution in [-0.4, -0.2) is 48.3 Å². The minimum atomic E-state index is -0.358. The quantitative estimate of drug-likeness (QED) is 0.762. The lowest BCUT2D eigenvalue weighted by molar-refractivity contribution is -0.147.